The fourth-order valence-electron chi connectivity index (χ4n) is 3.98. The van der Waals surface area contributed by atoms with Gasteiger partial charge in [-0.15, -0.1) is 0 Å². The first-order valence-electron chi connectivity index (χ1n) is 9.63. The van der Waals surface area contributed by atoms with Crippen LogP contribution in [0.15, 0.2) is 111 Å². The molecule has 2 aliphatic rings. The van der Waals surface area contributed by atoms with Crippen LogP contribution in [0.1, 0.15) is 11.1 Å². The van der Waals surface area contributed by atoms with E-state index in [0.717, 1.165) is 11.1 Å². The Kier molecular flexibility index (Phi) is 4.92. The molecule has 0 aliphatic carbocycles. The largest absolute Gasteiger partial charge is 0.314 e. The molecule has 3 aromatic carbocycles. The molecule has 2 aliphatic heterocycles. The highest BCUT2D eigenvalue weighted by Gasteiger charge is 2.45. The monoisotopic (exact) mass is 376 g/mol. The van der Waals surface area contributed by atoms with Gasteiger partial charge in [-0.05, 0) is 41.5 Å². The molecule has 0 N–H and O–H groups in total. The van der Waals surface area contributed by atoms with Gasteiger partial charge in [0.25, 0.3) is 0 Å². The highest BCUT2D eigenvalue weighted by Crippen LogP contribution is 2.56. The maximum absolute atomic E-state index is 4.44. The first-order chi connectivity index (χ1) is 14.2. The zero-order valence-corrected chi connectivity index (χ0v) is 16.5. The highest BCUT2D eigenvalue weighted by atomic mass is 15.4. The molecule has 0 bridgehead atoms. The summed E-state index contributed by atoms with van der Waals surface area (Å²) in [6.07, 6.45) is 5.25. The van der Waals surface area contributed by atoms with Crippen molar-refractivity contribution in [2.45, 2.75) is 6.17 Å². The van der Waals surface area contributed by atoms with Gasteiger partial charge in [0, 0.05) is 11.3 Å². The third kappa shape index (κ3) is 2.99. The van der Waals surface area contributed by atoms with Crippen molar-refractivity contribution in [1.82, 2.24) is 0 Å². The lowest BCUT2D eigenvalue weighted by molar-refractivity contribution is 0.880. The van der Waals surface area contributed by atoms with Crippen molar-refractivity contribution in [2.75, 3.05) is 9.80 Å². The molecular formula is C27H24N2. The Hall–Kier alpha value is -3.78. The highest BCUT2D eigenvalue weighted by molar-refractivity contribution is 6.02. The average Bonchev–Trinajstić information content (AvgIpc) is 3.27. The van der Waals surface area contributed by atoms with Gasteiger partial charge in [-0.3, -0.25) is 0 Å². The predicted octanol–water partition coefficient (Wildman–Crippen LogP) is 7.33. The van der Waals surface area contributed by atoms with Gasteiger partial charge in [-0.2, -0.15) is 0 Å². The molecule has 2 heterocycles. The Bertz CT molecular complexity index is 1090. The molecule has 0 amide bonds. The van der Waals surface area contributed by atoms with E-state index in [4.69, 9.17) is 0 Å². The topological polar surface area (TPSA) is 6.48 Å². The fourth-order valence-corrected chi connectivity index (χ4v) is 3.98. The number of anilines is 4. The normalized spacial score (nSPS) is 15.6. The van der Waals surface area contributed by atoms with E-state index in [1.54, 1.807) is 12.2 Å². The van der Waals surface area contributed by atoms with E-state index in [1.807, 2.05) is 6.08 Å². The van der Waals surface area contributed by atoms with Gasteiger partial charge in [0.2, 0.25) is 0 Å². The van der Waals surface area contributed by atoms with E-state index in [1.165, 1.54) is 28.3 Å². The Morgan fingerprint density at radius 2 is 1.31 bits per heavy atom. The van der Waals surface area contributed by atoms with Gasteiger partial charge in [0.15, 0.2) is 0 Å². The summed E-state index contributed by atoms with van der Waals surface area (Å²) < 4.78 is 0. The molecule has 0 saturated carbocycles. The standard InChI is InChI=1S/C23H18N2.C4H6/c1-3-17-13-14-19-16(2)23-24(18-9-5-4-6-10-18)20-11-7-8-12-21(20)25(23)22(19)15-17;1-3-4-2/h3-15,23H,1-2H2;3-4H,1-2H2. The maximum atomic E-state index is 4.44. The van der Waals surface area contributed by atoms with Crippen LogP contribution in [0.5, 0.6) is 0 Å². The molecule has 0 spiro atoms. The van der Waals surface area contributed by atoms with Crippen LogP contribution >= 0.6 is 0 Å². The third-order valence-electron chi connectivity index (χ3n) is 5.27. The molecule has 0 aromatic heterocycles. The van der Waals surface area contributed by atoms with Crippen molar-refractivity contribution in [2.24, 2.45) is 0 Å². The van der Waals surface area contributed by atoms with Crippen molar-refractivity contribution in [3.8, 4) is 0 Å². The second-order valence-electron chi connectivity index (χ2n) is 6.92. The van der Waals surface area contributed by atoms with Crippen molar-refractivity contribution >= 4 is 34.4 Å². The molecule has 1 unspecified atom stereocenters. The zero-order valence-electron chi connectivity index (χ0n) is 16.5. The van der Waals surface area contributed by atoms with Crippen molar-refractivity contribution in [3.05, 3.63) is 122 Å². The van der Waals surface area contributed by atoms with Crippen LogP contribution in [0, 0.1) is 0 Å². The van der Waals surface area contributed by atoms with Crippen LogP contribution in [-0.4, -0.2) is 6.17 Å². The Labute approximate surface area is 173 Å². The lowest BCUT2D eigenvalue weighted by Crippen LogP contribution is -2.34. The van der Waals surface area contributed by atoms with Gasteiger partial charge in [0.05, 0.1) is 17.1 Å². The SMILES string of the molecule is C=CC=C.C=Cc1ccc2c(c1)N1c3ccccc3N(c3ccccc3)C1C2=C. The summed E-state index contributed by atoms with van der Waals surface area (Å²) >= 11 is 0. The maximum Gasteiger partial charge on any atom is 0.137 e. The minimum atomic E-state index is 0.0786. The number of hydrogen-bond donors (Lipinski definition) is 0. The van der Waals surface area contributed by atoms with Gasteiger partial charge < -0.3 is 9.80 Å². The molecule has 5 rings (SSSR count). The second-order valence-corrected chi connectivity index (χ2v) is 6.92. The van der Waals surface area contributed by atoms with E-state index >= 15 is 0 Å². The van der Waals surface area contributed by atoms with Crippen LogP contribution < -0.4 is 9.80 Å². The average molecular weight is 377 g/mol. The molecule has 29 heavy (non-hydrogen) atoms. The van der Waals surface area contributed by atoms with Crippen molar-refractivity contribution in [1.29, 1.82) is 0 Å². The predicted molar refractivity (Wildman–Crippen MR) is 127 cm³/mol. The smallest absolute Gasteiger partial charge is 0.137 e. The summed E-state index contributed by atoms with van der Waals surface area (Å²) in [4.78, 5) is 4.78. The van der Waals surface area contributed by atoms with Crippen molar-refractivity contribution < 1.29 is 0 Å². The summed E-state index contributed by atoms with van der Waals surface area (Å²) in [6, 6.07) is 25.6. The number of allylic oxidation sites excluding steroid dienone is 2. The van der Waals surface area contributed by atoms with E-state index < -0.39 is 0 Å². The van der Waals surface area contributed by atoms with Crippen LogP contribution in [0.25, 0.3) is 11.6 Å². The van der Waals surface area contributed by atoms with Gasteiger partial charge in [-0.1, -0.05) is 87.0 Å². The van der Waals surface area contributed by atoms with E-state index in [9.17, 15) is 0 Å². The third-order valence-corrected chi connectivity index (χ3v) is 5.27. The fraction of sp³-hybridized carbons (Fsp3) is 0.0370. The molecular weight excluding hydrogens is 352 g/mol. The zero-order chi connectivity index (χ0) is 20.4. The number of para-hydroxylation sites is 3. The summed E-state index contributed by atoms with van der Waals surface area (Å²) in [5, 5.41) is 0. The first kappa shape index (κ1) is 18.6. The Balaban J connectivity index is 0.000000472. The Morgan fingerprint density at radius 3 is 1.93 bits per heavy atom. The van der Waals surface area contributed by atoms with Crippen LogP contribution in [-0.2, 0) is 0 Å². The number of rotatable bonds is 3. The number of fused-ring (bicyclic) bond motifs is 5. The molecule has 142 valence electrons. The van der Waals surface area contributed by atoms with Gasteiger partial charge >= 0.3 is 0 Å². The van der Waals surface area contributed by atoms with Gasteiger partial charge in [-0.25, -0.2) is 0 Å². The van der Waals surface area contributed by atoms with E-state index in [2.05, 4.69) is 109 Å². The first-order valence-corrected chi connectivity index (χ1v) is 9.63. The summed E-state index contributed by atoms with van der Waals surface area (Å²) in [7, 11) is 0. The second kappa shape index (κ2) is 7.69. The number of nitrogens with zero attached hydrogens (tertiary/aromatic N) is 2. The summed E-state index contributed by atoms with van der Waals surface area (Å²) in [5.74, 6) is 0. The molecule has 2 nitrogen and oxygen atoms in total. The van der Waals surface area contributed by atoms with Crippen LogP contribution in [0.3, 0.4) is 0 Å². The minimum Gasteiger partial charge on any atom is -0.314 e. The number of benzene rings is 3. The van der Waals surface area contributed by atoms with E-state index in [0.29, 0.717) is 0 Å². The van der Waals surface area contributed by atoms with Gasteiger partial charge in [0.1, 0.15) is 6.17 Å². The van der Waals surface area contributed by atoms with Crippen LogP contribution in [0.2, 0.25) is 0 Å². The lowest BCUT2D eigenvalue weighted by Gasteiger charge is -2.28. The van der Waals surface area contributed by atoms with Crippen molar-refractivity contribution in [3.63, 3.8) is 0 Å². The lowest BCUT2D eigenvalue weighted by atomic mass is 10.0. The Morgan fingerprint density at radius 1 is 0.690 bits per heavy atom. The molecule has 0 fully saturated rings. The molecule has 3 aromatic rings. The van der Waals surface area contributed by atoms with E-state index in [-0.39, 0.29) is 6.17 Å². The molecule has 1 atom stereocenters. The molecule has 0 radical (unpaired) electrons. The molecule has 0 saturated heterocycles. The summed E-state index contributed by atoms with van der Waals surface area (Å²) in [6.45, 7) is 15.1. The quantitative estimate of drug-likeness (QED) is 0.442. The summed E-state index contributed by atoms with van der Waals surface area (Å²) in [5.41, 5.74) is 8.30. The number of hydrogen-bond acceptors (Lipinski definition) is 2. The molecule has 2 heteroatoms. The minimum absolute atomic E-state index is 0.0786. The van der Waals surface area contributed by atoms with Crippen LogP contribution in [0.4, 0.5) is 22.7 Å².